The van der Waals surface area contributed by atoms with Crippen LogP contribution in [0.15, 0.2) is 25.3 Å². The van der Waals surface area contributed by atoms with Gasteiger partial charge in [-0.05, 0) is 0 Å². The molecule has 0 aliphatic carbocycles. The van der Waals surface area contributed by atoms with Crippen molar-refractivity contribution in [1.29, 1.82) is 0 Å². The van der Waals surface area contributed by atoms with E-state index in [9.17, 15) is 44.7 Å². The van der Waals surface area contributed by atoms with Gasteiger partial charge in [0, 0.05) is 12.2 Å². The monoisotopic (exact) mass is 402 g/mol. The van der Waals surface area contributed by atoms with Crippen molar-refractivity contribution in [3.05, 3.63) is 25.3 Å². The van der Waals surface area contributed by atoms with E-state index in [1.54, 1.807) is 0 Å². The molecule has 0 bridgehead atoms. The number of carbonyl (C=O) groups is 2. The lowest BCUT2D eigenvalue weighted by Gasteiger charge is -2.30. The van der Waals surface area contributed by atoms with Crippen LogP contribution in [0.5, 0.6) is 0 Å². The molecule has 0 atom stereocenters. The van der Waals surface area contributed by atoms with Crippen LogP contribution < -0.4 is 0 Å². The molecule has 0 radical (unpaired) electrons. The van der Waals surface area contributed by atoms with Crippen LogP contribution in [0.3, 0.4) is 0 Å². The van der Waals surface area contributed by atoms with Crippen molar-refractivity contribution in [2.75, 3.05) is 13.2 Å². The molecule has 150 valence electrons. The molecule has 0 aromatic rings. The Hall–Kier alpha value is -2.22. The number of alkyl halides is 8. The Kier molecular flexibility index (Phi) is 7.72. The lowest BCUT2D eigenvalue weighted by molar-refractivity contribution is -0.515. The highest BCUT2D eigenvalue weighted by molar-refractivity contribution is 5.81. The summed E-state index contributed by atoms with van der Waals surface area (Å²) in [6.45, 7) is 1.05. The van der Waals surface area contributed by atoms with Gasteiger partial charge < -0.3 is 9.47 Å². The third-order valence-electron chi connectivity index (χ3n) is 1.99. The van der Waals surface area contributed by atoms with Gasteiger partial charge in [0.1, 0.15) is 0 Å². The van der Waals surface area contributed by atoms with Gasteiger partial charge >= 0.3 is 36.4 Å². The summed E-state index contributed by atoms with van der Waals surface area (Å²) >= 11 is 0. The summed E-state index contributed by atoms with van der Waals surface area (Å²) in [6, 6.07) is 0. The molecule has 0 saturated carbocycles. The number of carbonyl (C=O) groups excluding carboxylic acids is 2. The molecule has 0 aromatic carbocycles. The minimum atomic E-state index is -6.30. The Bertz CT molecular complexity index is 500. The van der Waals surface area contributed by atoms with Crippen LogP contribution in [0.2, 0.25) is 0 Å². The number of ether oxygens (including phenoxy) is 4. The Labute approximate surface area is 139 Å². The van der Waals surface area contributed by atoms with Gasteiger partial charge in [-0.25, -0.2) is 19.1 Å². The molecule has 0 rings (SSSR count). The lowest BCUT2D eigenvalue weighted by Crippen LogP contribution is -2.53. The van der Waals surface area contributed by atoms with Crippen LogP contribution in [0.25, 0.3) is 0 Å². The predicted molar refractivity (Wildman–Crippen MR) is 64.3 cm³/mol. The van der Waals surface area contributed by atoms with Gasteiger partial charge in [-0.3, -0.25) is 0 Å². The van der Waals surface area contributed by atoms with Gasteiger partial charge in [0.15, 0.2) is 13.2 Å². The van der Waals surface area contributed by atoms with Gasteiger partial charge in [-0.1, -0.05) is 13.2 Å². The first-order valence-corrected chi connectivity index (χ1v) is 6.07. The van der Waals surface area contributed by atoms with Crippen LogP contribution in [-0.2, 0) is 28.5 Å². The molecule has 0 aliphatic rings. The highest BCUT2D eigenvalue weighted by Gasteiger charge is 2.67. The van der Waals surface area contributed by atoms with Crippen molar-refractivity contribution in [3.8, 4) is 0 Å². The Balaban J connectivity index is 5.05. The first kappa shape index (κ1) is 23.8. The standard InChI is InChI=1S/C12H10F8O6/c1-3-7(21)23-5-9(13,14)25-11(17,18)12(19,20)26-10(15,16)6-24-8(22)4-2/h3-4H,1-2,5-6H2. The fourth-order valence-corrected chi connectivity index (χ4v) is 0.981. The molecule has 0 aliphatic heterocycles. The van der Waals surface area contributed by atoms with E-state index in [2.05, 4.69) is 32.1 Å². The Morgan fingerprint density at radius 1 is 0.692 bits per heavy atom. The molecule has 6 nitrogen and oxygen atoms in total. The molecular formula is C12H10F8O6. The fourth-order valence-electron chi connectivity index (χ4n) is 0.981. The van der Waals surface area contributed by atoms with Gasteiger partial charge in [0.05, 0.1) is 0 Å². The van der Waals surface area contributed by atoms with Crippen molar-refractivity contribution in [3.63, 3.8) is 0 Å². The van der Waals surface area contributed by atoms with Crippen LogP contribution in [0.1, 0.15) is 0 Å². The van der Waals surface area contributed by atoms with E-state index in [0.29, 0.717) is 12.2 Å². The maximum Gasteiger partial charge on any atom is 0.453 e. The average molecular weight is 402 g/mol. The summed E-state index contributed by atoms with van der Waals surface area (Å²) in [5.41, 5.74) is 0. The number of hydrogen-bond donors (Lipinski definition) is 0. The molecule has 26 heavy (non-hydrogen) atoms. The second-order valence-corrected chi connectivity index (χ2v) is 4.14. The SMILES string of the molecule is C=CC(=O)OCC(F)(F)OC(F)(F)C(F)(F)OC(F)(F)COC(=O)C=C. The first-order chi connectivity index (χ1) is 11.6. The number of rotatable bonds is 11. The summed E-state index contributed by atoms with van der Waals surface area (Å²) < 4.78 is 117. The van der Waals surface area contributed by atoms with Crippen molar-refractivity contribution in [2.24, 2.45) is 0 Å². The van der Waals surface area contributed by atoms with E-state index in [1.807, 2.05) is 0 Å². The average Bonchev–Trinajstić information content (AvgIpc) is 2.48. The Morgan fingerprint density at radius 2 is 0.962 bits per heavy atom. The minimum Gasteiger partial charge on any atom is -0.453 e. The van der Waals surface area contributed by atoms with Crippen molar-refractivity contribution >= 4 is 11.9 Å². The fraction of sp³-hybridized carbons (Fsp3) is 0.500. The van der Waals surface area contributed by atoms with Crippen LogP contribution in [-0.4, -0.2) is 49.6 Å². The minimum absolute atomic E-state index is 0.344. The third kappa shape index (κ3) is 7.77. The summed E-state index contributed by atoms with van der Waals surface area (Å²) in [5.74, 6) is -3.06. The third-order valence-corrected chi connectivity index (χ3v) is 1.99. The van der Waals surface area contributed by atoms with E-state index < -0.39 is 49.6 Å². The molecule has 0 N–H and O–H groups in total. The van der Waals surface area contributed by atoms with Gasteiger partial charge in [-0.15, -0.1) is 0 Å². The van der Waals surface area contributed by atoms with E-state index in [0.717, 1.165) is 0 Å². The molecule has 14 heteroatoms. The second-order valence-electron chi connectivity index (χ2n) is 4.14. The number of esters is 2. The van der Waals surface area contributed by atoms with Crippen LogP contribution in [0, 0.1) is 0 Å². The highest BCUT2D eigenvalue weighted by atomic mass is 19.3. The zero-order valence-corrected chi connectivity index (χ0v) is 12.5. The molecular weight excluding hydrogens is 392 g/mol. The second kappa shape index (κ2) is 8.44. The largest absolute Gasteiger partial charge is 0.453 e. The van der Waals surface area contributed by atoms with Crippen LogP contribution in [0.4, 0.5) is 35.1 Å². The van der Waals surface area contributed by atoms with E-state index in [4.69, 9.17) is 0 Å². The van der Waals surface area contributed by atoms with E-state index >= 15 is 0 Å². The predicted octanol–water partition coefficient (Wildman–Crippen LogP) is 2.85. The topological polar surface area (TPSA) is 71.1 Å². The molecule has 0 unspecified atom stereocenters. The van der Waals surface area contributed by atoms with Crippen molar-refractivity contribution in [1.82, 2.24) is 0 Å². The van der Waals surface area contributed by atoms with Gasteiger partial charge in [0.2, 0.25) is 0 Å². The van der Waals surface area contributed by atoms with E-state index in [1.165, 1.54) is 0 Å². The molecule has 0 heterocycles. The van der Waals surface area contributed by atoms with Gasteiger partial charge in [-0.2, -0.15) is 35.1 Å². The smallest absolute Gasteiger partial charge is 0.453 e. The lowest BCUT2D eigenvalue weighted by atomic mass is 10.5. The normalized spacial score (nSPS) is 13.1. The summed E-state index contributed by atoms with van der Waals surface area (Å²) in [7, 11) is 0. The Morgan fingerprint density at radius 3 is 1.19 bits per heavy atom. The number of halogens is 8. The molecule has 0 fully saturated rings. The van der Waals surface area contributed by atoms with Gasteiger partial charge in [0.25, 0.3) is 0 Å². The molecule has 0 amide bonds. The van der Waals surface area contributed by atoms with Crippen molar-refractivity contribution < 1.29 is 63.7 Å². The zero-order valence-electron chi connectivity index (χ0n) is 12.5. The summed E-state index contributed by atoms with van der Waals surface area (Å²) in [5, 5.41) is 0. The molecule has 0 aromatic heterocycles. The zero-order chi connectivity index (χ0) is 20.8. The summed E-state index contributed by atoms with van der Waals surface area (Å²) in [6.07, 6.45) is -22.3. The van der Waals surface area contributed by atoms with Crippen LogP contribution >= 0.6 is 0 Å². The maximum absolute atomic E-state index is 13.1. The number of hydrogen-bond acceptors (Lipinski definition) is 6. The molecule has 0 saturated heterocycles. The van der Waals surface area contributed by atoms with Crippen molar-refractivity contribution in [2.45, 2.75) is 24.4 Å². The maximum atomic E-state index is 13.1. The first-order valence-electron chi connectivity index (χ1n) is 6.07. The quantitative estimate of drug-likeness (QED) is 0.301. The summed E-state index contributed by atoms with van der Waals surface area (Å²) in [4.78, 5) is 21.0. The van der Waals surface area contributed by atoms with E-state index in [-0.39, 0.29) is 0 Å². The highest BCUT2D eigenvalue weighted by Crippen LogP contribution is 2.43. The molecule has 0 spiro atoms.